The van der Waals surface area contributed by atoms with Gasteiger partial charge in [0, 0.05) is 10.8 Å². The zero-order valence-electron chi connectivity index (χ0n) is 19.1. The van der Waals surface area contributed by atoms with Crippen LogP contribution in [0.5, 0.6) is 0 Å². The zero-order valence-corrected chi connectivity index (χ0v) is 19.1. The van der Waals surface area contributed by atoms with Gasteiger partial charge >= 0.3 is 11.9 Å². The van der Waals surface area contributed by atoms with Crippen LogP contribution in [0.25, 0.3) is 0 Å². The van der Waals surface area contributed by atoms with Crippen LogP contribution in [0.15, 0.2) is 24.3 Å². The standard InChI is InChI=1S/C24H34O8/c1-3-23(15-29-16-23)13-27-8-10-31-21(25)19-6-5-7-20(12-19)22(26)32-11-9-28-14-24(4-2)17-30-18-24/h5-7,12H,3-4,8-11,13-18H2,1-2H3. The van der Waals surface area contributed by atoms with Crippen molar-refractivity contribution in [3.05, 3.63) is 35.4 Å². The van der Waals surface area contributed by atoms with Crippen molar-refractivity contribution in [3.63, 3.8) is 0 Å². The topological polar surface area (TPSA) is 89.5 Å². The first-order valence-electron chi connectivity index (χ1n) is 11.3. The maximum atomic E-state index is 12.3. The fourth-order valence-corrected chi connectivity index (χ4v) is 3.46. The highest BCUT2D eigenvalue weighted by Crippen LogP contribution is 2.32. The second kappa shape index (κ2) is 11.7. The normalized spacial score (nSPS) is 18.3. The third kappa shape index (κ3) is 6.51. The lowest BCUT2D eigenvalue weighted by atomic mass is 9.84. The second-order valence-electron chi connectivity index (χ2n) is 8.65. The molecule has 0 bridgehead atoms. The van der Waals surface area contributed by atoms with Gasteiger partial charge in [-0.1, -0.05) is 19.9 Å². The van der Waals surface area contributed by atoms with Gasteiger partial charge in [-0.05, 0) is 31.0 Å². The molecule has 3 rings (SSSR count). The zero-order chi connectivity index (χ0) is 22.9. The second-order valence-corrected chi connectivity index (χ2v) is 8.65. The molecule has 2 fully saturated rings. The maximum Gasteiger partial charge on any atom is 0.338 e. The minimum absolute atomic E-state index is 0.104. The summed E-state index contributed by atoms with van der Waals surface area (Å²) < 4.78 is 32.3. The lowest BCUT2D eigenvalue weighted by molar-refractivity contribution is -0.151. The third-order valence-electron chi connectivity index (χ3n) is 6.21. The van der Waals surface area contributed by atoms with E-state index in [2.05, 4.69) is 13.8 Å². The molecule has 1 aromatic rings. The van der Waals surface area contributed by atoms with Gasteiger partial charge in [0.1, 0.15) is 13.2 Å². The first kappa shape index (κ1) is 24.6. The van der Waals surface area contributed by atoms with Gasteiger partial charge in [-0.25, -0.2) is 9.59 Å². The van der Waals surface area contributed by atoms with Gasteiger partial charge in [0.2, 0.25) is 0 Å². The molecule has 0 aliphatic carbocycles. The van der Waals surface area contributed by atoms with Crippen LogP contribution in [0.1, 0.15) is 47.4 Å². The minimum Gasteiger partial charge on any atom is -0.460 e. The third-order valence-corrected chi connectivity index (χ3v) is 6.21. The molecule has 32 heavy (non-hydrogen) atoms. The summed E-state index contributed by atoms with van der Waals surface area (Å²) in [6.07, 6.45) is 1.99. The number of carbonyl (C=O) groups is 2. The molecule has 0 spiro atoms. The van der Waals surface area contributed by atoms with Crippen molar-refractivity contribution in [1.29, 1.82) is 0 Å². The number of hydrogen-bond acceptors (Lipinski definition) is 8. The molecular weight excluding hydrogens is 416 g/mol. The molecule has 2 aliphatic rings. The summed E-state index contributed by atoms with van der Waals surface area (Å²) in [5, 5.41) is 0. The quantitative estimate of drug-likeness (QED) is 0.316. The summed E-state index contributed by atoms with van der Waals surface area (Å²) in [5.74, 6) is -1.01. The van der Waals surface area contributed by atoms with E-state index in [0.29, 0.717) is 64.0 Å². The van der Waals surface area contributed by atoms with Crippen LogP contribution in [0.4, 0.5) is 0 Å². The Morgan fingerprint density at radius 1 is 0.781 bits per heavy atom. The van der Waals surface area contributed by atoms with Crippen LogP contribution in [0.2, 0.25) is 0 Å². The SMILES string of the molecule is CCC1(COCCOC(=O)c2cccc(C(=O)OCCOCC3(CC)COC3)c2)COC1. The summed E-state index contributed by atoms with van der Waals surface area (Å²) in [4.78, 5) is 24.6. The highest BCUT2D eigenvalue weighted by atomic mass is 16.6. The highest BCUT2D eigenvalue weighted by molar-refractivity contribution is 5.95. The van der Waals surface area contributed by atoms with Crippen molar-refractivity contribution >= 4 is 11.9 Å². The Kier molecular flexibility index (Phi) is 9.04. The molecule has 178 valence electrons. The van der Waals surface area contributed by atoms with Crippen molar-refractivity contribution in [2.24, 2.45) is 10.8 Å². The molecule has 0 amide bonds. The predicted molar refractivity (Wildman–Crippen MR) is 116 cm³/mol. The van der Waals surface area contributed by atoms with Gasteiger partial charge in [0.25, 0.3) is 0 Å². The number of carbonyl (C=O) groups excluding carboxylic acids is 2. The Bertz CT molecular complexity index is 684. The monoisotopic (exact) mass is 450 g/mol. The van der Waals surface area contributed by atoms with E-state index in [-0.39, 0.29) is 24.0 Å². The first-order valence-corrected chi connectivity index (χ1v) is 11.3. The number of esters is 2. The first-order chi connectivity index (χ1) is 15.5. The molecule has 8 nitrogen and oxygen atoms in total. The van der Waals surface area contributed by atoms with E-state index in [9.17, 15) is 9.59 Å². The molecule has 0 unspecified atom stereocenters. The Labute approximate surface area is 189 Å². The largest absolute Gasteiger partial charge is 0.460 e. The molecule has 2 saturated heterocycles. The number of hydrogen-bond donors (Lipinski definition) is 0. The predicted octanol–water partition coefficient (Wildman–Crippen LogP) is 2.89. The maximum absolute atomic E-state index is 12.3. The Morgan fingerprint density at radius 3 is 1.56 bits per heavy atom. The Balaban J connectivity index is 1.33. The number of rotatable bonds is 14. The summed E-state index contributed by atoms with van der Waals surface area (Å²) in [6, 6.07) is 6.31. The lowest BCUT2D eigenvalue weighted by Crippen LogP contribution is -2.45. The van der Waals surface area contributed by atoms with E-state index in [1.165, 1.54) is 6.07 Å². The summed E-state index contributed by atoms with van der Waals surface area (Å²) in [6.45, 7) is 9.22. The summed E-state index contributed by atoms with van der Waals surface area (Å²) in [7, 11) is 0. The van der Waals surface area contributed by atoms with E-state index in [0.717, 1.165) is 12.8 Å². The fourth-order valence-electron chi connectivity index (χ4n) is 3.46. The Morgan fingerprint density at radius 2 is 1.22 bits per heavy atom. The van der Waals surface area contributed by atoms with Gasteiger partial charge in [-0.2, -0.15) is 0 Å². The summed E-state index contributed by atoms with van der Waals surface area (Å²) >= 11 is 0. The molecule has 0 saturated carbocycles. The van der Waals surface area contributed by atoms with Crippen LogP contribution >= 0.6 is 0 Å². The van der Waals surface area contributed by atoms with Crippen molar-refractivity contribution in [3.8, 4) is 0 Å². The van der Waals surface area contributed by atoms with Crippen molar-refractivity contribution in [1.82, 2.24) is 0 Å². The molecule has 1 aromatic carbocycles. The van der Waals surface area contributed by atoms with Crippen LogP contribution in [-0.4, -0.2) is 78.0 Å². The van der Waals surface area contributed by atoms with Gasteiger partial charge in [0.15, 0.2) is 0 Å². The average molecular weight is 451 g/mol. The number of benzene rings is 1. The van der Waals surface area contributed by atoms with Crippen molar-refractivity contribution < 1.29 is 38.0 Å². The average Bonchev–Trinajstić information content (AvgIpc) is 2.76. The van der Waals surface area contributed by atoms with Crippen LogP contribution in [-0.2, 0) is 28.4 Å². The smallest absolute Gasteiger partial charge is 0.338 e. The lowest BCUT2D eigenvalue weighted by Gasteiger charge is -2.40. The molecule has 0 atom stereocenters. The van der Waals surface area contributed by atoms with Gasteiger partial charge in [-0.3, -0.25) is 0 Å². The molecule has 2 heterocycles. The van der Waals surface area contributed by atoms with E-state index in [1.807, 2.05) is 0 Å². The van der Waals surface area contributed by atoms with Crippen LogP contribution in [0.3, 0.4) is 0 Å². The molecule has 2 aliphatic heterocycles. The highest BCUT2D eigenvalue weighted by Gasteiger charge is 2.37. The molecule has 0 N–H and O–H groups in total. The van der Waals surface area contributed by atoms with Crippen molar-refractivity contribution in [2.75, 3.05) is 66.1 Å². The molecule has 8 heteroatoms. The minimum atomic E-state index is -0.503. The van der Waals surface area contributed by atoms with E-state index < -0.39 is 11.9 Å². The van der Waals surface area contributed by atoms with E-state index in [1.54, 1.807) is 18.2 Å². The van der Waals surface area contributed by atoms with Crippen LogP contribution in [0, 0.1) is 10.8 Å². The van der Waals surface area contributed by atoms with E-state index >= 15 is 0 Å². The Hall–Kier alpha value is -2.00. The van der Waals surface area contributed by atoms with Crippen LogP contribution < -0.4 is 0 Å². The van der Waals surface area contributed by atoms with Gasteiger partial charge in [-0.15, -0.1) is 0 Å². The fraction of sp³-hybridized carbons (Fsp3) is 0.667. The summed E-state index contributed by atoms with van der Waals surface area (Å²) in [5.41, 5.74) is 0.797. The molecule has 0 radical (unpaired) electrons. The van der Waals surface area contributed by atoms with E-state index in [4.69, 9.17) is 28.4 Å². The van der Waals surface area contributed by atoms with Crippen molar-refractivity contribution in [2.45, 2.75) is 26.7 Å². The molecule has 0 aromatic heterocycles. The number of ether oxygens (including phenoxy) is 6. The van der Waals surface area contributed by atoms with Gasteiger partial charge in [0.05, 0.1) is 64.0 Å². The van der Waals surface area contributed by atoms with Gasteiger partial charge < -0.3 is 28.4 Å². The molecular formula is C24H34O8.